The number of phosphoric acid groups is 1. The Labute approximate surface area is 67.9 Å². The predicted molar refractivity (Wildman–Crippen MR) is 40.8 cm³/mol. The molecule has 0 aliphatic rings. The van der Waals surface area contributed by atoms with Gasteiger partial charge in [-0.1, -0.05) is 0 Å². The van der Waals surface area contributed by atoms with E-state index in [1.807, 2.05) is 0 Å². The highest BCUT2D eigenvalue weighted by atomic mass is 79.9. The van der Waals surface area contributed by atoms with Crippen LogP contribution in [0.15, 0.2) is 11.2 Å². The van der Waals surface area contributed by atoms with Gasteiger partial charge in [-0.25, -0.2) is 4.57 Å². The van der Waals surface area contributed by atoms with Gasteiger partial charge in [0.15, 0.2) is 4.67 Å². The minimum Gasteiger partial charge on any atom is -0.397 e. The average molecular weight is 231 g/mol. The van der Waals surface area contributed by atoms with Crippen molar-refractivity contribution in [2.24, 2.45) is 0 Å². The monoisotopic (exact) mass is 230 g/mol. The molecule has 0 aromatic rings. The second kappa shape index (κ2) is 4.13. The van der Waals surface area contributed by atoms with Gasteiger partial charge in [-0.15, -0.1) is 0 Å². The summed E-state index contributed by atoms with van der Waals surface area (Å²) in [4.78, 5) is 0. The quantitative estimate of drug-likeness (QED) is 0.549. The van der Waals surface area contributed by atoms with Gasteiger partial charge in [0.1, 0.15) is 0 Å². The first-order valence-electron chi connectivity index (χ1n) is 2.29. The van der Waals surface area contributed by atoms with E-state index in [1.54, 1.807) is 0 Å². The summed E-state index contributed by atoms with van der Waals surface area (Å²) in [6.07, 6.45) is 0. The number of halogens is 1. The van der Waals surface area contributed by atoms with E-state index in [1.165, 1.54) is 14.2 Å². The van der Waals surface area contributed by atoms with E-state index in [0.717, 1.165) is 0 Å². The molecule has 0 bridgehead atoms. The molecule has 10 heavy (non-hydrogen) atoms. The molecule has 0 aliphatic heterocycles. The molecule has 0 rings (SSSR count). The fraction of sp³-hybridized carbons (Fsp3) is 0.500. The Bertz CT molecular complexity index is 161. The number of hydrogen-bond donors (Lipinski definition) is 0. The molecule has 6 heteroatoms. The van der Waals surface area contributed by atoms with E-state index in [4.69, 9.17) is 0 Å². The summed E-state index contributed by atoms with van der Waals surface area (Å²) < 4.78 is 24.5. The molecule has 0 aromatic carbocycles. The number of rotatable bonds is 4. The van der Waals surface area contributed by atoms with E-state index in [0.29, 0.717) is 0 Å². The van der Waals surface area contributed by atoms with Gasteiger partial charge in [-0.05, 0) is 22.5 Å². The SMILES string of the molecule is C=C(Br)OP(=O)(OC)OC. The molecule has 0 amide bonds. The molecule has 0 saturated carbocycles. The van der Waals surface area contributed by atoms with Crippen molar-refractivity contribution < 1.29 is 18.1 Å². The lowest BCUT2D eigenvalue weighted by Crippen LogP contribution is -1.90. The lowest BCUT2D eigenvalue weighted by molar-refractivity contribution is 0.192. The Kier molecular flexibility index (Phi) is 4.20. The predicted octanol–water partition coefficient (Wildman–Crippen LogP) is 2.27. The second-order valence-electron chi connectivity index (χ2n) is 1.26. The molecule has 0 atom stereocenters. The van der Waals surface area contributed by atoms with Crippen LogP contribution in [0, 0.1) is 0 Å². The summed E-state index contributed by atoms with van der Waals surface area (Å²) in [5.41, 5.74) is 0. The van der Waals surface area contributed by atoms with E-state index >= 15 is 0 Å². The molecule has 0 saturated heterocycles. The van der Waals surface area contributed by atoms with Crippen molar-refractivity contribution in [3.05, 3.63) is 11.2 Å². The van der Waals surface area contributed by atoms with Crippen LogP contribution in [0.4, 0.5) is 0 Å². The van der Waals surface area contributed by atoms with E-state index < -0.39 is 7.82 Å². The van der Waals surface area contributed by atoms with Crippen molar-refractivity contribution in [2.45, 2.75) is 0 Å². The third-order valence-electron chi connectivity index (χ3n) is 0.658. The molecule has 0 aromatic heterocycles. The molecule has 0 aliphatic carbocycles. The summed E-state index contributed by atoms with van der Waals surface area (Å²) in [5, 5.41) is 0. The molecule has 0 radical (unpaired) electrons. The topological polar surface area (TPSA) is 44.8 Å². The first kappa shape index (κ1) is 10.2. The highest BCUT2D eigenvalue weighted by molar-refractivity contribution is 9.11. The smallest absolute Gasteiger partial charge is 0.397 e. The van der Waals surface area contributed by atoms with Crippen LogP contribution in [0.5, 0.6) is 0 Å². The zero-order valence-electron chi connectivity index (χ0n) is 5.67. The van der Waals surface area contributed by atoms with Gasteiger partial charge in [-0.2, -0.15) is 0 Å². The zero-order chi connectivity index (χ0) is 8.20. The Morgan fingerprint density at radius 2 is 1.90 bits per heavy atom. The van der Waals surface area contributed by atoms with Crippen LogP contribution in [0.25, 0.3) is 0 Å². The third kappa shape index (κ3) is 3.37. The van der Waals surface area contributed by atoms with E-state index in [-0.39, 0.29) is 4.67 Å². The maximum Gasteiger partial charge on any atom is 0.530 e. The average Bonchev–Trinajstić information content (AvgIpc) is 1.87. The molecular formula is C4H8BrO4P. The normalized spacial score (nSPS) is 11.1. The Balaban J connectivity index is 4.07. The summed E-state index contributed by atoms with van der Waals surface area (Å²) in [6, 6.07) is 0. The van der Waals surface area contributed by atoms with Crippen LogP contribution in [-0.2, 0) is 18.1 Å². The van der Waals surface area contributed by atoms with E-state index in [9.17, 15) is 4.57 Å². The van der Waals surface area contributed by atoms with Gasteiger partial charge < -0.3 is 4.52 Å². The van der Waals surface area contributed by atoms with Gasteiger partial charge in [0.25, 0.3) is 0 Å². The number of hydrogen-bond acceptors (Lipinski definition) is 4. The largest absolute Gasteiger partial charge is 0.530 e. The molecular weight excluding hydrogens is 223 g/mol. The van der Waals surface area contributed by atoms with Crippen molar-refractivity contribution >= 4 is 23.8 Å². The summed E-state index contributed by atoms with van der Waals surface area (Å²) in [5.74, 6) is 0. The van der Waals surface area contributed by atoms with Gasteiger partial charge in [0, 0.05) is 14.2 Å². The Hall–Kier alpha value is 0.170. The van der Waals surface area contributed by atoms with Gasteiger partial charge >= 0.3 is 7.82 Å². The molecule has 0 N–H and O–H groups in total. The summed E-state index contributed by atoms with van der Waals surface area (Å²) in [7, 11) is -0.939. The molecule has 0 spiro atoms. The Morgan fingerprint density at radius 1 is 1.50 bits per heavy atom. The lowest BCUT2D eigenvalue weighted by atomic mass is 11.2. The van der Waals surface area contributed by atoms with Crippen molar-refractivity contribution in [2.75, 3.05) is 14.2 Å². The molecule has 0 unspecified atom stereocenters. The summed E-state index contributed by atoms with van der Waals surface area (Å²) >= 11 is 2.84. The summed E-state index contributed by atoms with van der Waals surface area (Å²) in [6.45, 7) is 3.30. The molecule has 0 fully saturated rings. The first-order chi connectivity index (χ1) is 4.54. The van der Waals surface area contributed by atoms with Gasteiger partial charge in [-0.3, -0.25) is 9.05 Å². The highest BCUT2D eigenvalue weighted by Crippen LogP contribution is 2.50. The minimum atomic E-state index is -3.38. The van der Waals surface area contributed by atoms with Crippen LogP contribution < -0.4 is 0 Å². The van der Waals surface area contributed by atoms with Crippen LogP contribution in [0.3, 0.4) is 0 Å². The zero-order valence-corrected chi connectivity index (χ0v) is 8.15. The van der Waals surface area contributed by atoms with Crippen LogP contribution in [0.1, 0.15) is 0 Å². The van der Waals surface area contributed by atoms with Crippen LogP contribution in [-0.4, -0.2) is 14.2 Å². The number of phosphoric ester groups is 1. The van der Waals surface area contributed by atoms with Crippen molar-refractivity contribution in [3.63, 3.8) is 0 Å². The van der Waals surface area contributed by atoms with Crippen LogP contribution in [0.2, 0.25) is 0 Å². The molecule has 60 valence electrons. The highest BCUT2D eigenvalue weighted by Gasteiger charge is 2.23. The van der Waals surface area contributed by atoms with Gasteiger partial charge in [0.05, 0.1) is 0 Å². The molecule has 4 nitrogen and oxygen atoms in total. The van der Waals surface area contributed by atoms with Gasteiger partial charge in [0.2, 0.25) is 0 Å². The maximum atomic E-state index is 11.0. The first-order valence-corrected chi connectivity index (χ1v) is 4.55. The fourth-order valence-corrected chi connectivity index (χ4v) is 1.34. The van der Waals surface area contributed by atoms with E-state index in [2.05, 4.69) is 36.1 Å². The maximum absolute atomic E-state index is 11.0. The standard InChI is InChI=1S/C4H8BrO4P/c1-4(5)9-10(6,7-2)8-3/h1H2,2-3H3. The molecule has 0 heterocycles. The van der Waals surface area contributed by atoms with Crippen molar-refractivity contribution in [1.82, 2.24) is 0 Å². The fourth-order valence-electron chi connectivity index (χ4n) is 0.270. The lowest BCUT2D eigenvalue weighted by Gasteiger charge is -2.11. The second-order valence-corrected chi connectivity index (χ2v) is 3.95. The Morgan fingerprint density at radius 3 is 2.00 bits per heavy atom. The van der Waals surface area contributed by atoms with Crippen molar-refractivity contribution in [3.8, 4) is 0 Å². The van der Waals surface area contributed by atoms with Crippen LogP contribution >= 0.6 is 23.8 Å². The van der Waals surface area contributed by atoms with Crippen molar-refractivity contribution in [1.29, 1.82) is 0 Å². The minimum absolute atomic E-state index is 0.111. The third-order valence-corrected chi connectivity index (χ3v) is 2.41.